The molecule has 0 bridgehead atoms. The maximum absolute atomic E-state index is 12.7. The SMILES string of the molecule is CCc1ccc2c(COC(=O)[C@H]3CC(=O)N([C@@H](C)c4ccccc4)C3)cc(=O)oc2c1. The number of aryl methyl sites for hydroxylation is 1. The van der Waals surface area contributed by atoms with Crippen LogP contribution in [-0.2, 0) is 27.4 Å². The molecule has 0 N–H and O–H groups in total. The van der Waals surface area contributed by atoms with Crippen LogP contribution in [0.2, 0.25) is 0 Å². The van der Waals surface area contributed by atoms with Crippen molar-refractivity contribution in [3.05, 3.63) is 81.7 Å². The summed E-state index contributed by atoms with van der Waals surface area (Å²) in [6, 6.07) is 16.7. The van der Waals surface area contributed by atoms with Crippen molar-refractivity contribution in [3.63, 3.8) is 0 Å². The minimum absolute atomic E-state index is 0.0364. The second-order valence-electron chi connectivity index (χ2n) is 7.92. The molecule has 3 aromatic rings. The van der Waals surface area contributed by atoms with Crippen molar-refractivity contribution in [2.75, 3.05) is 6.54 Å². The van der Waals surface area contributed by atoms with E-state index in [0.717, 1.165) is 22.9 Å². The second kappa shape index (κ2) is 8.76. The van der Waals surface area contributed by atoms with E-state index in [1.165, 1.54) is 6.07 Å². The molecule has 2 heterocycles. The Hall–Kier alpha value is -3.41. The highest BCUT2D eigenvalue weighted by Crippen LogP contribution is 2.29. The van der Waals surface area contributed by atoms with E-state index in [-0.39, 0.29) is 25.0 Å². The number of carbonyl (C=O) groups is 2. The van der Waals surface area contributed by atoms with E-state index < -0.39 is 17.5 Å². The third kappa shape index (κ3) is 4.38. The highest BCUT2D eigenvalue weighted by molar-refractivity contribution is 5.87. The summed E-state index contributed by atoms with van der Waals surface area (Å²) < 4.78 is 10.8. The monoisotopic (exact) mass is 419 g/mol. The number of ether oxygens (including phenoxy) is 1. The molecule has 6 nitrogen and oxygen atoms in total. The maximum Gasteiger partial charge on any atom is 0.336 e. The van der Waals surface area contributed by atoms with Gasteiger partial charge in [-0.3, -0.25) is 9.59 Å². The minimum Gasteiger partial charge on any atom is -0.461 e. The molecule has 4 rings (SSSR count). The van der Waals surface area contributed by atoms with Crippen molar-refractivity contribution in [1.29, 1.82) is 0 Å². The van der Waals surface area contributed by atoms with Crippen molar-refractivity contribution in [1.82, 2.24) is 4.90 Å². The molecule has 0 spiro atoms. The fourth-order valence-corrected chi connectivity index (χ4v) is 4.06. The lowest BCUT2D eigenvalue weighted by atomic mass is 10.1. The summed E-state index contributed by atoms with van der Waals surface area (Å²) in [5.41, 5.74) is 2.68. The summed E-state index contributed by atoms with van der Waals surface area (Å²) in [5.74, 6) is -1.00. The van der Waals surface area contributed by atoms with E-state index in [1.54, 1.807) is 4.90 Å². The third-order valence-corrected chi connectivity index (χ3v) is 5.91. The predicted octanol–water partition coefficient (Wildman–Crippen LogP) is 4.01. The van der Waals surface area contributed by atoms with E-state index in [1.807, 2.05) is 62.4 Å². The number of fused-ring (bicyclic) bond motifs is 1. The molecule has 1 saturated heterocycles. The van der Waals surface area contributed by atoms with Gasteiger partial charge in [-0.15, -0.1) is 0 Å². The summed E-state index contributed by atoms with van der Waals surface area (Å²) in [6.45, 7) is 4.27. The van der Waals surface area contributed by atoms with Crippen molar-refractivity contribution in [2.24, 2.45) is 5.92 Å². The average molecular weight is 419 g/mol. The zero-order valence-corrected chi connectivity index (χ0v) is 17.7. The van der Waals surface area contributed by atoms with Crippen LogP contribution in [0.25, 0.3) is 11.0 Å². The summed E-state index contributed by atoms with van der Waals surface area (Å²) >= 11 is 0. The molecule has 1 amide bonds. The quantitative estimate of drug-likeness (QED) is 0.446. The molecule has 6 heteroatoms. The van der Waals surface area contributed by atoms with Crippen molar-refractivity contribution < 1.29 is 18.7 Å². The van der Waals surface area contributed by atoms with Gasteiger partial charge in [-0.2, -0.15) is 0 Å². The average Bonchev–Trinajstić information content (AvgIpc) is 3.18. The molecule has 1 aromatic heterocycles. The van der Waals surface area contributed by atoms with Gasteiger partial charge in [-0.25, -0.2) is 4.79 Å². The summed E-state index contributed by atoms with van der Waals surface area (Å²) in [5, 5.41) is 0.742. The molecule has 31 heavy (non-hydrogen) atoms. The number of hydrogen-bond donors (Lipinski definition) is 0. The molecule has 160 valence electrons. The molecule has 2 atom stereocenters. The number of carbonyl (C=O) groups excluding carboxylic acids is 2. The van der Waals surface area contributed by atoms with E-state index in [0.29, 0.717) is 17.7 Å². The lowest BCUT2D eigenvalue weighted by Gasteiger charge is -2.25. The Labute approximate surface area is 180 Å². The highest BCUT2D eigenvalue weighted by Gasteiger charge is 2.38. The number of nitrogens with zero attached hydrogens (tertiary/aromatic N) is 1. The topological polar surface area (TPSA) is 76.8 Å². The van der Waals surface area contributed by atoms with Gasteiger partial charge < -0.3 is 14.1 Å². The Kier molecular flexibility index (Phi) is 5.89. The molecular weight excluding hydrogens is 394 g/mol. The Morgan fingerprint density at radius 3 is 2.68 bits per heavy atom. The summed E-state index contributed by atoms with van der Waals surface area (Å²) in [6.07, 6.45) is 0.958. The van der Waals surface area contributed by atoms with E-state index in [4.69, 9.17) is 9.15 Å². The zero-order valence-electron chi connectivity index (χ0n) is 17.7. The highest BCUT2D eigenvalue weighted by atomic mass is 16.5. The van der Waals surface area contributed by atoms with Crippen LogP contribution in [0.15, 0.2) is 63.8 Å². The van der Waals surface area contributed by atoms with Gasteiger partial charge in [0.25, 0.3) is 0 Å². The van der Waals surface area contributed by atoms with Crippen LogP contribution in [0.5, 0.6) is 0 Å². The van der Waals surface area contributed by atoms with Crippen LogP contribution in [0, 0.1) is 5.92 Å². The van der Waals surface area contributed by atoms with Gasteiger partial charge in [0, 0.05) is 30.0 Å². The number of benzene rings is 2. The van der Waals surface area contributed by atoms with Gasteiger partial charge in [-0.05, 0) is 30.5 Å². The molecule has 0 radical (unpaired) electrons. The third-order valence-electron chi connectivity index (χ3n) is 5.91. The molecular formula is C25H25NO5. The van der Waals surface area contributed by atoms with Crippen LogP contribution in [0.4, 0.5) is 0 Å². The number of hydrogen-bond acceptors (Lipinski definition) is 5. The number of likely N-dealkylation sites (tertiary alicyclic amines) is 1. The minimum atomic E-state index is -0.517. The smallest absolute Gasteiger partial charge is 0.336 e. The number of amides is 1. The first kappa shape index (κ1) is 20.8. The van der Waals surface area contributed by atoms with Crippen LogP contribution in [0.3, 0.4) is 0 Å². The predicted molar refractivity (Wildman–Crippen MR) is 116 cm³/mol. The van der Waals surface area contributed by atoms with E-state index >= 15 is 0 Å². The second-order valence-corrected chi connectivity index (χ2v) is 7.92. The molecule has 1 aliphatic rings. The maximum atomic E-state index is 12.7. The first-order valence-electron chi connectivity index (χ1n) is 10.5. The fraction of sp³-hybridized carbons (Fsp3) is 0.320. The number of esters is 1. The lowest BCUT2D eigenvalue weighted by molar-refractivity contribution is -0.149. The van der Waals surface area contributed by atoms with Crippen LogP contribution in [0.1, 0.15) is 43.0 Å². The Morgan fingerprint density at radius 2 is 1.94 bits per heavy atom. The van der Waals surface area contributed by atoms with Gasteiger partial charge in [0.05, 0.1) is 12.0 Å². The summed E-state index contributed by atoms with van der Waals surface area (Å²) in [4.78, 5) is 38.9. The lowest BCUT2D eigenvalue weighted by Crippen LogP contribution is -2.29. The summed E-state index contributed by atoms with van der Waals surface area (Å²) in [7, 11) is 0. The molecule has 1 aliphatic heterocycles. The first-order valence-corrected chi connectivity index (χ1v) is 10.5. The van der Waals surface area contributed by atoms with Crippen molar-refractivity contribution >= 4 is 22.8 Å². The van der Waals surface area contributed by atoms with Crippen molar-refractivity contribution in [3.8, 4) is 0 Å². The van der Waals surface area contributed by atoms with Crippen LogP contribution in [-0.4, -0.2) is 23.3 Å². The van der Waals surface area contributed by atoms with Gasteiger partial charge in [0.15, 0.2) is 0 Å². The standard InChI is InChI=1S/C25H25NO5/c1-3-17-9-10-21-20(13-24(28)31-22(21)11-17)15-30-25(29)19-12-23(27)26(14-19)16(2)18-7-5-4-6-8-18/h4-11,13,16,19H,3,12,14-15H2,1-2H3/t16-,19-/m0/s1. The van der Waals surface area contributed by atoms with E-state index in [2.05, 4.69) is 0 Å². The van der Waals surface area contributed by atoms with Gasteiger partial charge in [0.1, 0.15) is 12.2 Å². The normalized spacial score (nSPS) is 17.2. The van der Waals surface area contributed by atoms with Gasteiger partial charge in [0.2, 0.25) is 5.91 Å². The molecule has 0 unspecified atom stereocenters. The Morgan fingerprint density at radius 1 is 1.16 bits per heavy atom. The van der Waals surface area contributed by atoms with Gasteiger partial charge >= 0.3 is 11.6 Å². The Balaban J connectivity index is 1.45. The molecule has 0 saturated carbocycles. The molecule has 1 fully saturated rings. The zero-order chi connectivity index (χ0) is 22.0. The van der Waals surface area contributed by atoms with Crippen LogP contribution < -0.4 is 5.63 Å². The molecule has 2 aromatic carbocycles. The van der Waals surface area contributed by atoms with E-state index in [9.17, 15) is 14.4 Å². The fourth-order valence-electron chi connectivity index (χ4n) is 4.06. The van der Waals surface area contributed by atoms with Crippen LogP contribution >= 0.6 is 0 Å². The van der Waals surface area contributed by atoms with Crippen molar-refractivity contribution in [2.45, 2.75) is 39.3 Å². The largest absolute Gasteiger partial charge is 0.461 e. The Bertz CT molecular complexity index is 1170. The molecule has 0 aliphatic carbocycles. The number of rotatable bonds is 6. The first-order chi connectivity index (χ1) is 15.0. The van der Waals surface area contributed by atoms with Gasteiger partial charge in [-0.1, -0.05) is 49.4 Å².